The molecule has 2 saturated heterocycles. The van der Waals surface area contributed by atoms with Gasteiger partial charge in [0.25, 0.3) is 20.0 Å². The third kappa shape index (κ3) is 9.44. The average molecular weight is 1010 g/mol. The van der Waals surface area contributed by atoms with E-state index >= 15 is 4.39 Å². The molecule has 0 spiro atoms. The number of carbonyl (C=O) groups is 1. The molecule has 2 aliphatic heterocycles. The second-order valence-corrected chi connectivity index (χ2v) is 23.4. The third-order valence-electron chi connectivity index (χ3n) is 14.3. The Morgan fingerprint density at radius 2 is 1.27 bits per heavy atom. The van der Waals surface area contributed by atoms with Crippen LogP contribution in [0.3, 0.4) is 0 Å². The molecule has 0 unspecified atom stereocenters. The van der Waals surface area contributed by atoms with Gasteiger partial charge in [0.15, 0.2) is 22.9 Å². The van der Waals surface area contributed by atoms with E-state index in [2.05, 4.69) is 35.2 Å². The normalized spacial score (nSPS) is 19.0. The number of rotatable bonds is 9. The summed E-state index contributed by atoms with van der Waals surface area (Å²) >= 11 is 0. The molecular weight excluding hydrogens is 947 g/mol. The van der Waals surface area contributed by atoms with Gasteiger partial charge in [0.1, 0.15) is 12.7 Å². The van der Waals surface area contributed by atoms with E-state index in [4.69, 9.17) is 9.31 Å². The number of hydrogen-bond acceptors (Lipinski definition) is 13. The number of carbonyl (C=O) groups excluding carboxylic acids is 1. The van der Waals surface area contributed by atoms with E-state index in [1.165, 1.54) is 26.8 Å². The zero-order valence-electron chi connectivity index (χ0n) is 41.2. The number of nitrogens with one attached hydrogen (secondary N) is 1. The summed E-state index contributed by atoms with van der Waals surface area (Å²) in [6, 6.07) is 13.4. The van der Waals surface area contributed by atoms with Gasteiger partial charge in [-0.05, 0) is 124 Å². The predicted octanol–water partition coefficient (Wildman–Crippen LogP) is 7.37. The number of urea groups is 1. The standard InChI is InChI=1S/C30H34FN7O3S.C20H24BN3O4S/c1-19-8-10-23(11-9-19)42(40,41)38-20(2)27(24-16-32-18-34-29(24)38)28-33-17-25(31)26(36-28)15-21-6-5-7-22(14-21)35-30(39)37-12-3-4-13-37;1-13-7-9-15(10-8-13)29(25,26)24-14(2)17(16-11-22-12-23-18(16)24)21-27-19(3,4)20(5,6)28-21/h8-11,16-18,21-22H,3-7,12-15H2,1-2H3,(H,35,39);7-12H,1-6H3/t21-,22+;/m1./s1. The first-order valence-electron chi connectivity index (χ1n) is 23.9. The molecule has 7 aromatic rings. The Bertz CT molecular complexity index is 3360. The smallest absolute Gasteiger partial charge is 0.399 e. The van der Waals surface area contributed by atoms with Gasteiger partial charge in [0.2, 0.25) is 0 Å². The van der Waals surface area contributed by atoms with Crippen LogP contribution in [0.4, 0.5) is 9.18 Å². The maximum atomic E-state index is 15.1. The van der Waals surface area contributed by atoms with Gasteiger partial charge in [0, 0.05) is 59.1 Å². The zero-order chi connectivity index (χ0) is 50.6. The van der Waals surface area contributed by atoms with Gasteiger partial charge in [0.05, 0.1) is 38.4 Å². The second kappa shape index (κ2) is 19.1. The lowest BCUT2D eigenvalue weighted by molar-refractivity contribution is 0.00578. The monoisotopic (exact) mass is 1000 g/mol. The molecule has 0 radical (unpaired) electrons. The molecule has 5 aromatic heterocycles. The molecule has 71 heavy (non-hydrogen) atoms. The first-order chi connectivity index (χ1) is 33.7. The van der Waals surface area contributed by atoms with Crippen LogP contribution in [0.1, 0.15) is 94.4 Å². The van der Waals surface area contributed by atoms with Crippen molar-refractivity contribution in [2.45, 2.75) is 127 Å². The minimum absolute atomic E-state index is 0.0108. The second-order valence-electron chi connectivity index (χ2n) is 19.8. The van der Waals surface area contributed by atoms with Crippen molar-refractivity contribution >= 4 is 60.7 Å². The van der Waals surface area contributed by atoms with E-state index in [-0.39, 0.29) is 44.9 Å². The van der Waals surface area contributed by atoms with Crippen molar-refractivity contribution in [2.75, 3.05) is 13.1 Å². The van der Waals surface area contributed by atoms with Crippen LogP contribution in [-0.4, -0.2) is 103 Å². The molecule has 372 valence electrons. The van der Waals surface area contributed by atoms with Crippen LogP contribution in [0.5, 0.6) is 0 Å². The fraction of sp³-hybridized carbons (Fsp3) is 0.420. The van der Waals surface area contributed by atoms with Gasteiger partial charge in [-0.15, -0.1) is 0 Å². The summed E-state index contributed by atoms with van der Waals surface area (Å²) < 4.78 is 84.4. The first-order valence-corrected chi connectivity index (χ1v) is 26.7. The number of amides is 2. The van der Waals surface area contributed by atoms with Crippen molar-refractivity contribution in [3.8, 4) is 11.4 Å². The van der Waals surface area contributed by atoms with Gasteiger partial charge >= 0.3 is 13.1 Å². The topological polar surface area (TPSA) is 206 Å². The molecule has 1 aliphatic carbocycles. The summed E-state index contributed by atoms with van der Waals surface area (Å²) in [6.45, 7) is 16.6. The van der Waals surface area contributed by atoms with Crippen LogP contribution in [0.25, 0.3) is 33.5 Å². The number of fused-ring (bicyclic) bond motifs is 2. The van der Waals surface area contributed by atoms with E-state index in [1.807, 2.05) is 46.4 Å². The maximum absolute atomic E-state index is 15.1. The SMILES string of the molecule is Cc1ccc(S(=O)(=O)n2c(C)c(-c3ncc(F)c(C[C@@H]4CCC[C@H](NC(=O)N5CCCC5)C4)n3)c3cncnc32)cc1.Cc1ccc(S(=O)(=O)n2c(C)c(B3OC(C)(C)C(C)(C)O3)c3cncnc32)cc1. The van der Waals surface area contributed by atoms with Crippen molar-refractivity contribution in [2.24, 2.45) is 5.92 Å². The number of nitrogens with zero attached hydrogens (tertiary/aromatic N) is 9. The zero-order valence-corrected chi connectivity index (χ0v) is 42.8. The molecule has 2 aromatic carbocycles. The number of likely N-dealkylation sites (tertiary alicyclic amines) is 1. The fourth-order valence-electron chi connectivity index (χ4n) is 9.75. The molecule has 7 heterocycles. The Kier molecular flexibility index (Phi) is 13.4. The van der Waals surface area contributed by atoms with E-state index in [0.717, 1.165) is 68.9 Å². The molecular formula is C50H58BFN10O7S2. The summed E-state index contributed by atoms with van der Waals surface area (Å²) in [7, 11) is -8.59. The molecule has 1 N–H and O–H groups in total. The quantitative estimate of drug-likeness (QED) is 0.140. The molecule has 3 fully saturated rings. The van der Waals surface area contributed by atoms with Crippen LogP contribution in [0.15, 0.2) is 89.6 Å². The molecule has 0 bridgehead atoms. The highest BCUT2D eigenvalue weighted by atomic mass is 32.2. The third-order valence-corrected chi connectivity index (χ3v) is 17.9. The van der Waals surface area contributed by atoms with Crippen LogP contribution in [-0.2, 0) is 35.8 Å². The molecule has 2 amide bonds. The van der Waals surface area contributed by atoms with Crippen molar-refractivity contribution in [1.29, 1.82) is 0 Å². The number of aromatic nitrogens is 8. The van der Waals surface area contributed by atoms with Crippen LogP contribution in [0, 0.1) is 39.4 Å². The highest BCUT2D eigenvalue weighted by molar-refractivity contribution is 7.90. The summed E-state index contributed by atoms with van der Waals surface area (Å²) in [5.74, 6) is -0.143. The van der Waals surface area contributed by atoms with E-state index in [1.54, 1.807) is 68.6 Å². The van der Waals surface area contributed by atoms with Crippen molar-refractivity contribution in [3.63, 3.8) is 0 Å². The van der Waals surface area contributed by atoms with Gasteiger partial charge in [-0.2, -0.15) is 0 Å². The molecule has 2 atom stereocenters. The molecule has 10 rings (SSSR count). The fourth-order valence-corrected chi connectivity index (χ4v) is 12.8. The molecule has 17 nitrogen and oxygen atoms in total. The maximum Gasteiger partial charge on any atom is 0.497 e. The Hall–Kier alpha value is -6.16. The average Bonchev–Trinajstić information content (AvgIpc) is 4.09. The molecule has 1 saturated carbocycles. The summed E-state index contributed by atoms with van der Waals surface area (Å²) in [4.78, 5) is 40.5. The number of hydrogen-bond donors (Lipinski definition) is 1. The highest BCUT2D eigenvalue weighted by Crippen LogP contribution is 2.39. The van der Waals surface area contributed by atoms with E-state index < -0.39 is 44.2 Å². The summed E-state index contributed by atoms with van der Waals surface area (Å²) in [6.07, 6.45) is 12.9. The van der Waals surface area contributed by atoms with Crippen molar-refractivity contribution in [3.05, 3.63) is 114 Å². The molecule has 21 heteroatoms. The van der Waals surface area contributed by atoms with Gasteiger partial charge < -0.3 is 19.5 Å². The van der Waals surface area contributed by atoms with Crippen LogP contribution < -0.4 is 10.8 Å². The van der Waals surface area contributed by atoms with Crippen LogP contribution >= 0.6 is 0 Å². The minimum atomic E-state index is -4.00. The first kappa shape index (κ1) is 49.8. The Morgan fingerprint density at radius 3 is 1.85 bits per heavy atom. The van der Waals surface area contributed by atoms with Crippen molar-refractivity contribution in [1.82, 2.24) is 48.1 Å². The summed E-state index contributed by atoms with van der Waals surface area (Å²) in [5.41, 5.74) is 3.56. The largest absolute Gasteiger partial charge is 0.497 e. The lowest BCUT2D eigenvalue weighted by atomic mass is 9.77. The Balaban J connectivity index is 0.000000188. The Labute approximate surface area is 413 Å². The predicted molar refractivity (Wildman–Crippen MR) is 268 cm³/mol. The summed E-state index contributed by atoms with van der Waals surface area (Å²) in [5, 5.41) is 4.24. The van der Waals surface area contributed by atoms with Gasteiger partial charge in [-0.25, -0.2) is 63.9 Å². The lowest BCUT2D eigenvalue weighted by Crippen LogP contribution is -2.45. The van der Waals surface area contributed by atoms with E-state index in [9.17, 15) is 21.6 Å². The van der Waals surface area contributed by atoms with Gasteiger partial charge in [-0.1, -0.05) is 41.8 Å². The molecule has 3 aliphatic rings. The lowest BCUT2D eigenvalue weighted by Gasteiger charge is -2.32. The van der Waals surface area contributed by atoms with Crippen LogP contribution in [0.2, 0.25) is 0 Å². The van der Waals surface area contributed by atoms with E-state index in [0.29, 0.717) is 45.3 Å². The Morgan fingerprint density at radius 1 is 0.732 bits per heavy atom. The number of benzene rings is 2. The number of aryl methyl sites for hydroxylation is 2. The highest BCUT2D eigenvalue weighted by Gasteiger charge is 2.53. The van der Waals surface area contributed by atoms with Crippen molar-refractivity contribution < 1.29 is 35.3 Å². The number of halogens is 1. The minimum Gasteiger partial charge on any atom is -0.399 e. The van der Waals surface area contributed by atoms with Gasteiger partial charge in [-0.3, -0.25) is 0 Å².